The van der Waals surface area contributed by atoms with Crippen LogP contribution in [0.5, 0.6) is 0 Å². The maximum absolute atomic E-state index is 12.3. The number of carbonyl (C=O) groups is 2. The molecule has 0 bridgehead atoms. The predicted molar refractivity (Wildman–Crippen MR) is 106 cm³/mol. The second kappa shape index (κ2) is 8.01. The third kappa shape index (κ3) is 4.61. The van der Waals surface area contributed by atoms with E-state index in [0.29, 0.717) is 17.4 Å². The molecular weight excluding hydrogens is 384 g/mol. The number of nitrogens with zero attached hydrogens (tertiary/aromatic N) is 2. The van der Waals surface area contributed by atoms with Gasteiger partial charge in [-0.1, -0.05) is 5.16 Å². The molecule has 3 heterocycles. The SMILES string of the molecule is CC(=O)NCc1ccc(-c2nc(NC(=O)Cc3c(C)noc3C)sc2C)s1. The van der Waals surface area contributed by atoms with Crippen LogP contribution in [-0.4, -0.2) is 22.0 Å². The molecule has 0 radical (unpaired) electrons. The van der Waals surface area contributed by atoms with Gasteiger partial charge in [0.15, 0.2) is 5.13 Å². The normalized spacial score (nSPS) is 10.8. The van der Waals surface area contributed by atoms with E-state index in [9.17, 15) is 9.59 Å². The van der Waals surface area contributed by atoms with Gasteiger partial charge < -0.3 is 15.2 Å². The van der Waals surface area contributed by atoms with E-state index in [1.165, 1.54) is 18.3 Å². The molecule has 3 aromatic heterocycles. The van der Waals surface area contributed by atoms with E-state index in [-0.39, 0.29) is 18.2 Å². The van der Waals surface area contributed by atoms with Crippen LogP contribution in [0.15, 0.2) is 16.7 Å². The van der Waals surface area contributed by atoms with E-state index >= 15 is 0 Å². The summed E-state index contributed by atoms with van der Waals surface area (Å²) in [5.74, 6) is 0.448. The Labute approximate surface area is 164 Å². The van der Waals surface area contributed by atoms with Crippen molar-refractivity contribution in [3.8, 4) is 10.6 Å². The molecule has 2 amide bonds. The monoisotopic (exact) mass is 404 g/mol. The Bertz CT molecular complexity index is 967. The van der Waals surface area contributed by atoms with Gasteiger partial charge in [0.25, 0.3) is 0 Å². The summed E-state index contributed by atoms with van der Waals surface area (Å²) in [5, 5.41) is 10.1. The summed E-state index contributed by atoms with van der Waals surface area (Å²) < 4.78 is 5.10. The Morgan fingerprint density at radius 2 is 1.96 bits per heavy atom. The van der Waals surface area contributed by atoms with E-state index in [1.807, 2.05) is 26.0 Å². The number of thiophene rings is 1. The smallest absolute Gasteiger partial charge is 0.230 e. The zero-order chi connectivity index (χ0) is 19.6. The second-order valence-electron chi connectivity index (χ2n) is 6.13. The fraction of sp³-hybridized carbons (Fsp3) is 0.333. The van der Waals surface area contributed by atoms with Crippen molar-refractivity contribution < 1.29 is 14.1 Å². The van der Waals surface area contributed by atoms with Gasteiger partial charge in [-0.05, 0) is 32.9 Å². The standard InChI is InChI=1S/C18H20N4O3S2/c1-9-14(10(2)25-22-9)7-16(24)20-18-21-17(11(3)26-18)15-6-5-13(27-15)8-19-12(4)23/h5-6H,7-8H2,1-4H3,(H,19,23)(H,20,21,24). The van der Waals surface area contributed by atoms with Crippen LogP contribution in [0.4, 0.5) is 5.13 Å². The van der Waals surface area contributed by atoms with Gasteiger partial charge in [-0.25, -0.2) is 4.98 Å². The highest BCUT2D eigenvalue weighted by atomic mass is 32.1. The summed E-state index contributed by atoms with van der Waals surface area (Å²) in [5.41, 5.74) is 2.39. The third-order valence-corrected chi connectivity index (χ3v) is 5.95. The molecule has 9 heteroatoms. The van der Waals surface area contributed by atoms with Gasteiger partial charge in [0.05, 0.1) is 29.2 Å². The molecule has 0 saturated heterocycles. The van der Waals surface area contributed by atoms with Gasteiger partial charge in [0.2, 0.25) is 11.8 Å². The first kappa shape index (κ1) is 19.2. The number of carbonyl (C=O) groups excluding carboxylic acids is 2. The average molecular weight is 405 g/mol. The number of rotatable bonds is 6. The molecule has 0 fully saturated rings. The average Bonchev–Trinajstić information content (AvgIpc) is 3.28. The van der Waals surface area contributed by atoms with Gasteiger partial charge in [0.1, 0.15) is 5.76 Å². The number of hydrogen-bond donors (Lipinski definition) is 2. The van der Waals surface area contributed by atoms with E-state index in [0.717, 1.165) is 31.6 Å². The zero-order valence-electron chi connectivity index (χ0n) is 15.5. The molecule has 0 atom stereocenters. The summed E-state index contributed by atoms with van der Waals surface area (Å²) >= 11 is 3.02. The number of amides is 2. The summed E-state index contributed by atoms with van der Waals surface area (Å²) in [6.07, 6.45) is 0.203. The van der Waals surface area contributed by atoms with Crippen LogP contribution in [-0.2, 0) is 22.6 Å². The number of anilines is 1. The Morgan fingerprint density at radius 1 is 1.19 bits per heavy atom. The number of aromatic nitrogens is 2. The minimum Gasteiger partial charge on any atom is -0.361 e. The lowest BCUT2D eigenvalue weighted by atomic mass is 10.1. The van der Waals surface area contributed by atoms with Gasteiger partial charge in [-0.15, -0.1) is 22.7 Å². The summed E-state index contributed by atoms with van der Waals surface area (Å²) in [4.78, 5) is 31.0. The van der Waals surface area contributed by atoms with Gasteiger partial charge in [0, 0.05) is 22.2 Å². The van der Waals surface area contributed by atoms with Crippen LogP contribution in [0.3, 0.4) is 0 Å². The number of hydrogen-bond acceptors (Lipinski definition) is 7. The molecule has 0 saturated carbocycles. The van der Waals surface area contributed by atoms with Gasteiger partial charge in [-0.2, -0.15) is 0 Å². The molecule has 7 nitrogen and oxygen atoms in total. The molecule has 3 aromatic rings. The topological polar surface area (TPSA) is 97.1 Å². The fourth-order valence-electron chi connectivity index (χ4n) is 2.57. The van der Waals surface area contributed by atoms with Crippen LogP contribution in [0.25, 0.3) is 10.6 Å². The Hall–Kier alpha value is -2.52. The lowest BCUT2D eigenvalue weighted by molar-refractivity contribution is -0.119. The molecule has 2 N–H and O–H groups in total. The Morgan fingerprint density at radius 3 is 2.63 bits per heavy atom. The van der Waals surface area contributed by atoms with Crippen molar-refractivity contribution in [1.29, 1.82) is 0 Å². The highest BCUT2D eigenvalue weighted by molar-refractivity contribution is 7.18. The van der Waals surface area contributed by atoms with E-state index in [1.54, 1.807) is 18.3 Å². The number of thiazole rings is 1. The molecule has 0 aliphatic rings. The second-order valence-corrected chi connectivity index (χ2v) is 8.50. The summed E-state index contributed by atoms with van der Waals surface area (Å²) in [6, 6.07) is 3.96. The molecule has 0 unspecified atom stereocenters. The zero-order valence-corrected chi connectivity index (χ0v) is 17.1. The first-order chi connectivity index (χ1) is 12.8. The molecule has 142 valence electrons. The van der Waals surface area contributed by atoms with Crippen LogP contribution in [0.1, 0.15) is 33.7 Å². The molecule has 0 aromatic carbocycles. The molecule has 27 heavy (non-hydrogen) atoms. The molecule has 0 aliphatic carbocycles. The minimum absolute atomic E-state index is 0.0573. The van der Waals surface area contributed by atoms with Crippen molar-refractivity contribution in [2.75, 3.05) is 5.32 Å². The maximum atomic E-state index is 12.3. The third-order valence-electron chi connectivity index (χ3n) is 3.97. The van der Waals surface area contributed by atoms with Crippen molar-refractivity contribution in [3.63, 3.8) is 0 Å². The van der Waals surface area contributed by atoms with Crippen molar-refractivity contribution in [3.05, 3.63) is 38.9 Å². The first-order valence-corrected chi connectivity index (χ1v) is 9.99. The highest BCUT2D eigenvalue weighted by Crippen LogP contribution is 2.34. The highest BCUT2D eigenvalue weighted by Gasteiger charge is 2.17. The summed E-state index contributed by atoms with van der Waals surface area (Å²) in [6.45, 7) is 7.59. The fourth-order valence-corrected chi connectivity index (χ4v) is 4.47. The Balaban J connectivity index is 1.69. The summed E-state index contributed by atoms with van der Waals surface area (Å²) in [7, 11) is 0. The lowest BCUT2D eigenvalue weighted by Gasteiger charge is -2.01. The lowest BCUT2D eigenvalue weighted by Crippen LogP contribution is -2.17. The number of aryl methyl sites for hydroxylation is 3. The van der Waals surface area contributed by atoms with Gasteiger partial charge in [-0.3, -0.25) is 9.59 Å². The molecule has 3 rings (SSSR count). The first-order valence-electron chi connectivity index (χ1n) is 8.36. The van der Waals surface area contributed by atoms with Crippen LogP contribution >= 0.6 is 22.7 Å². The van der Waals surface area contributed by atoms with Crippen LogP contribution in [0.2, 0.25) is 0 Å². The van der Waals surface area contributed by atoms with Crippen LogP contribution in [0, 0.1) is 20.8 Å². The quantitative estimate of drug-likeness (QED) is 0.654. The van der Waals surface area contributed by atoms with Crippen molar-refractivity contribution >= 4 is 39.6 Å². The predicted octanol–water partition coefficient (Wildman–Crippen LogP) is 3.60. The maximum Gasteiger partial charge on any atom is 0.230 e. The van der Waals surface area contributed by atoms with Crippen molar-refractivity contribution in [1.82, 2.24) is 15.5 Å². The molecular formula is C18H20N4O3S2. The van der Waals surface area contributed by atoms with Crippen molar-refractivity contribution in [2.45, 2.75) is 40.7 Å². The van der Waals surface area contributed by atoms with E-state index in [4.69, 9.17) is 4.52 Å². The Kier molecular flexibility index (Phi) is 5.71. The van der Waals surface area contributed by atoms with E-state index < -0.39 is 0 Å². The number of nitrogens with one attached hydrogen (secondary N) is 2. The van der Waals surface area contributed by atoms with E-state index in [2.05, 4.69) is 20.8 Å². The van der Waals surface area contributed by atoms with Crippen LogP contribution < -0.4 is 10.6 Å². The minimum atomic E-state index is -0.151. The largest absolute Gasteiger partial charge is 0.361 e. The molecule has 0 spiro atoms. The van der Waals surface area contributed by atoms with Crippen molar-refractivity contribution in [2.24, 2.45) is 0 Å². The van der Waals surface area contributed by atoms with Gasteiger partial charge >= 0.3 is 0 Å². The molecule has 0 aliphatic heterocycles.